The number of amides is 1. The Morgan fingerprint density at radius 3 is 2.46 bits per heavy atom. The molecular weight excluding hydrogens is 356 g/mol. The monoisotopic (exact) mass is 382 g/mol. The van der Waals surface area contributed by atoms with Gasteiger partial charge < -0.3 is 10.5 Å². The molecule has 2 N–H and O–H groups in total. The van der Waals surface area contributed by atoms with Crippen molar-refractivity contribution in [2.24, 2.45) is 5.16 Å². The smallest absolute Gasteiger partial charge is 0.261 e. The lowest BCUT2D eigenvalue weighted by Gasteiger charge is -2.22. The van der Waals surface area contributed by atoms with Gasteiger partial charge >= 0.3 is 0 Å². The molecule has 28 heavy (non-hydrogen) atoms. The summed E-state index contributed by atoms with van der Waals surface area (Å²) in [5.74, 6) is -0.0861. The van der Waals surface area contributed by atoms with E-state index in [2.05, 4.69) is 10.5 Å². The van der Waals surface area contributed by atoms with Crippen LogP contribution in [-0.2, 0) is 17.9 Å². The molecule has 3 rings (SSSR count). The van der Waals surface area contributed by atoms with Crippen LogP contribution in [0.5, 0.6) is 0 Å². The summed E-state index contributed by atoms with van der Waals surface area (Å²) in [5, 5.41) is 14.7. The normalized spacial score (nSPS) is 14.9. The molecule has 2 aromatic rings. The number of aromatic nitrogens is 2. The van der Waals surface area contributed by atoms with E-state index in [0.29, 0.717) is 11.1 Å². The maximum absolute atomic E-state index is 12.5. The lowest BCUT2D eigenvalue weighted by Crippen LogP contribution is -2.45. The third-order valence-corrected chi connectivity index (χ3v) is 4.87. The van der Waals surface area contributed by atoms with Gasteiger partial charge in [0.1, 0.15) is 5.56 Å². The molecule has 1 saturated carbocycles. The van der Waals surface area contributed by atoms with Crippen LogP contribution in [0.1, 0.15) is 48.0 Å². The molecule has 2 heterocycles. The van der Waals surface area contributed by atoms with E-state index in [1.165, 1.54) is 12.6 Å². The average molecular weight is 382 g/mol. The van der Waals surface area contributed by atoms with Crippen LogP contribution in [0.2, 0.25) is 0 Å². The van der Waals surface area contributed by atoms with Gasteiger partial charge in [-0.3, -0.25) is 9.59 Å². The van der Waals surface area contributed by atoms with Crippen molar-refractivity contribution in [3.8, 4) is 0 Å². The summed E-state index contributed by atoms with van der Waals surface area (Å²) < 4.78 is 3.47. The fourth-order valence-corrected chi connectivity index (χ4v) is 3.51. The number of carbonyl (C=O) groups excluding carboxylic acids is 2. The van der Waals surface area contributed by atoms with Gasteiger partial charge in [-0.2, -0.15) is 9.13 Å². The van der Waals surface area contributed by atoms with E-state index in [-0.39, 0.29) is 30.8 Å². The van der Waals surface area contributed by atoms with Gasteiger partial charge in [-0.05, 0) is 25.0 Å². The standard InChI is InChI=1S/C21H24N4O3/c26-20(15-24-10-4-6-17(13-24)12-22-28)16-25-11-5-7-18(14-25)21(27)23-19-8-2-1-3-9-19/h4-7,10-14,19H,1-3,8-9,15-16H2/p+2/b22-12+. The second-order valence-corrected chi connectivity index (χ2v) is 7.17. The van der Waals surface area contributed by atoms with Crippen molar-refractivity contribution in [2.45, 2.75) is 51.2 Å². The summed E-state index contributed by atoms with van der Waals surface area (Å²) in [7, 11) is 0. The number of nitrogens with one attached hydrogen (secondary N) is 1. The highest BCUT2D eigenvalue weighted by Gasteiger charge is 2.20. The van der Waals surface area contributed by atoms with Gasteiger partial charge in [0.15, 0.2) is 24.8 Å². The summed E-state index contributed by atoms with van der Waals surface area (Å²) in [6.45, 7) is 0.370. The lowest BCUT2D eigenvalue weighted by atomic mass is 9.95. The minimum Gasteiger partial charge on any atom is -0.411 e. The van der Waals surface area contributed by atoms with E-state index in [1.54, 1.807) is 58.2 Å². The van der Waals surface area contributed by atoms with Crippen LogP contribution >= 0.6 is 0 Å². The molecule has 0 aromatic carbocycles. The summed E-state index contributed by atoms with van der Waals surface area (Å²) in [5.41, 5.74) is 1.27. The van der Waals surface area contributed by atoms with Crippen LogP contribution in [0, 0.1) is 0 Å². The molecule has 0 bridgehead atoms. The molecular formula is C21H26N4O3+2. The van der Waals surface area contributed by atoms with Crippen LogP contribution in [0.15, 0.2) is 54.2 Å². The number of ketones is 1. The second kappa shape index (κ2) is 9.73. The predicted octanol–water partition coefficient (Wildman–Crippen LogP) is 1.40. The van der Waals surface area contributed by atoms with Crippen LogP contribution < -0.4 is 14.5 Å². The van der Waals surface area contributed by atoms with Gasteiger partial charge in [0.25, 0.3) is 11.7 Å². The largest absolute Gasteiger partial charge is 0.411 e. The van der Waals surface area contributed by atoms with Crippen LogP contribution in [-0.4, -0.2) is 29.2 Å². The van der Waals surface area contributed by atoms with Crippen LogP contribution in [0.25, 0.3) is 0 Å². The predicted molar refractivity (Wildman–Crippen MR) is 102 cm³/mol. The number of hydrogen-bond acceptors (Lipinski definition) is 4. The van der Waals surface area contributed by atoms with Crippen molar-refractivity contribution in [3.05, 3.63) is 60.2 Å². The first-order chi connectivity index (χ1) is 13.6. The van der Waals surface area contributed by atoms with Crippen molar-refractivity contribution in [1.29, 1.82) is 0 Å². The fraction of sp³-hybridized carbons (Fsp3) is 0.381. The Morgan fingerprint density at radius 1 is 1.07 bits per heavy atom. The van der Waals surface area contributed by atoms with Crippen molar-refractivity contribution >= 4 is 17.9 Å². The molecule has 0 atom stereocenters. The number of Topliss-reactive ketones (excluding diaryl/α,β-unsaturated/α-hetero) is 1. The first kappa shape index (κ1) is 19.7. The number of pyridine rings is 2. The highest BCUT2D eigenvalue weighted by Crippen LogP contribution is 2.17. The number of nitrogens with zero attached hydrogens (tertiary/aromatic N) is 3. The Morgan fingerprint density at radius 2 is 1.75 bits per heavy atom. The Balaban J connectivity index is 1.59. The fourth-order valence-electron chi connectivity index (χ4n) is 3.51. The molecule has 0 saturated heterocycles. The van der Waals surface area contributed by atoms with Crippen molar-refractivity contribution in [2.75, 3.05) is 0 Å². The zero-order valence-electron chi connectivity index (χ0n) is 15.8. The Labute approximate surface area is 164 Å². The molecule has 0 spiro atoms. The van der Waals surface area contributed by atoms with E-state index in [1.807, 2.05) is 0 Å². The lowest BCUT2D eigenvalue weighted by molar-refractivity contribution is -0.702. The van der Waals surface area contributed by atoms with Gasteiger partial charge in [-0.15, -0.1) is 0 Å². The maximum atomic E-state index is 12.5. The molecule has 1 amide bonds. The molecule has 0 radical (unpaired) electrons. The van der Waals surface area contributed by atoms with Gasteiger partial charge in [0.05, 0.1) is 11.8 Å². The molecule has 7 heteroatoms. The average Bonchev–Trinajstić information content (AvgIpc) is 2.69. The van der Waals surface area contributed by atoms with Gasteiger partial charge in [-0.25, -0.2) is 0 Å². The number of rotatable bonds is 7. The van der Waals surface area contributed by atoms with Gasteiger partial charge in [0.2, 0.25) is 13.1 Å². The number of carbonyl (C=O) groups is 2. The first-order valence-corrected chi connectivity index (χ1v) is 9.62. The minimum absolute atomic E-state index is 0.00192. The maximum Gasteiger partial charge on any atom is 0.261 e. The third-order valence-electron chi connectivity index (χ3n) is 4.87. The summed E-state index contributed by atoms with van der Waals surface area (Å²) in [4.78, 5) is 24.9. The molecule has 7 nitrogen and oxygen atoms in total. The van der Waals surface area contributed by atoms with E-state index in [4.69, 9.17) is 5.21 Å². The van der Waals surface area contributed by atoms with E-state index < -0.39 is 0 Å². The van der Waals surface area contributed by atoms with E-state index in [0.717, 1.165) is 25.7 Å². The van der Waals surface area contributed by atoms with Crippen LogP contribution in [0.3, 0.4) is 0 Å². The third kappa shape index (κ3) is 5.70. The van der Waals surface area contributed by atoms with Gasteiger partial charge in [-0.1, -0.05) is 24.4 Å². The van der Waals surface area contributed by atoms with Gasteiger partial charge in [0, 0.05) is 18.2 Å². The molecule has 0 aliphatic heterocycles. The summed E-state index contributed by atoms with van der Waals surface area (Å²) in [6, 6.07) is 7.38. The number of hydrogen-bond donors (Lipinski definition) is 2. The molecule has 1 aliphatic rings. The summed E-state index contributed by atoms with van der Waals surface area (Å²) >= 11 is 0. The van der Waals surface area contributed by atoms with Crippen molar-refractivity contribution in [3.63, 3.8) is 0 Å². The number of oxime groups is 1. The molecule has 0 unspecified atom stereocenters. The zero-order chi connectivity index (χ0) is 19.8. The Bertz CT molecular complexity index is 860. The second-order valence-electron chi connectivity index (χ2n) is 7.17. The van der Waals surface area contributed by atoms with Crippen molar-refractivity contribution in [1.82, 2.24) is 5.32 Å². The first-order valence-electron chi connectivity index (χ1n) is 9.62. The molecule has 146 valence electrons. The Hall–Kier alpha value is -3.09. The molecule has 1 aliphatic carbocycles. The van der Waals surface area contributed by atoms with Crippen molar-refractivity contribution < 1.29 is 23.9 Å². The van der Waals surface area contributed by atoms with E-state index >= 15 is 0 Å². The highest BCUT2D eigenvalue weighted by molar-refractivity contribution is 5.93. The zero-order valence-corrected chi connectivity index (χ0v) is 15.8. The van der Waals surface area contributed by atoms with Crippen LogP contribution in [0.4, 0.5) is 0 Å². The SMILES string of the molecule is O=C(C[n+]1cccc(/C=N/O)c1)C[n+]1cccc(C(=O)NC2CCCCC2)c1. The molecule has 1 fully saturated rings. The molecule has 2 aromatic heterocycles. The van der Waals surface area contributed by atoms with E-state index in [9.17, 15) is 9.59 Å². The highest BCUT2D eigenvalue weighted by atomic mass is 16.4. The summed E-state index contributed by atoms with van der Waals surface area (Å²) in [6.07, 6.45) is 14.0. The Kier molecular flexibility index (Phi) is 6.84. The minimum atomic E-state index is -0.0842. The quantitative estimate of drug-likeness (QED) is 0.328. The topological polar surface area (TPSA) is 86.5 Å².